The van der Waals surface area contributed by atoms with Crippen LogP contribution in [0.2, 0.25) is 0 Å². The molecule has 140 valence electrons. The lowest BCUT2D eigenvalue weighted by atomic mass is 10.0. The van der Waals surface area contributed by atoms with E-state index in [9.17, 15) is 18.4 Å². The van der Waals surface area contributed by atoms with Crippen LogP contribution in [0.15, 0.2) is 29.2 Å². The first-order valence-electron chi connectivity index (χ1n) is 8.85. The molecule has 0 spiro atoms. The fraction of sp³-hybridized carbons (Fsp3) is 0.300. The Bertz CT molecular complexity index is 1090. The summed E-state index contributed by atoms with van der Waals surface area (Å²) in [6, 6.07) is 3.32. The first-order valence-corrected chi connectivity index (χ1v) is 8.85. The molecule has 1 aliphatic carbocycles. The van der Waals surface area contributed by atoms with Crippen molar-refractivity contribution in [2.45, 2.75) is 32.2 Å². The van der Waals surface area contributed by atoms with Gasteiger partial charge in [-0.1, -0.05) is 0 Å². The molecular formula is C20H19F2N3O2. The average molecular weight is 371 g/mol. The summed E-state index contributed by atoms with van der Waals surface area (Å²) in [6.45, 7) is 1.78. The summed E-state index contributed by atoms with van der Waals surface area (Å²) < 4.78 is 27.3. The minimum atomic E-state index is -1.08. The van der Waals surface area contributed by atoms with Crippen LogP contribution < -0.4 is 5.56 Å². The Morgan fingerprint density at radius 3 is 2.56 bits per heavy atom. The van der Waals surface area contributed by atoms with E-state index in [1.165, 1.54) is 16.7 Å². The molecular weight excluding hydrogens is 352 g/mol. The predicted octanol–water partition coefficient (Wildman–Crippen LogP) is 3.46. The van der Waals surface area contributed by atoms with Crippen LogP contribution in [0.25, 0.3) is 10.8 Å². The number of nitrogens with one attached hydrogen (secondary N) is 2. The second-order valence-corrected chi connectivity index (χ2v) is 7.02. The molecule has 2 heterocycles. The van der Waals surface area contributed by atoms with Crippen molar-refractivity contribution in [2.24, 2.45) is 0 Å². The molecule has 0 aliphatic heterocycles. The number of H-pyrrole nitrogens is 2. The number of aryl methyl sites for hydroxylation is 2. The molecule has 1 aliphatic rings. The summed E-state index contributed by atoms with van der Waals surface area (Å²) in [7, 11) is 1.65. The Labute approximate surface area is 154 Å². The number of benzene rings is 1. The summed E-state index contributed by atoms with van der Waals surface area (Å²) in [6.07, 6.45) is 4.45. The predicted molar refractivity (Wildman–Crippen MR) is 97.8 cm³/mol. The van der Waals surface area contributed by atoms with E-state index in [4.69, 9.17) is 0 Å². The number of amides is 1. The van der Waals surface area contributed by atoms with Crippen LogP contribution in [0.5, 0.6) is 0 Å². The molecule has 2 N–H and O–H groups in total. The number of aromatic nitrogens is 2. The fourth-order valence-corrected chi connectivity index (χ4v) is 3.75. The van der Waals surface area contributed by atoms with Crippen molar-refractivity contribution in [3.8, 4) is 0 Å². The minimum absolute atomic E-state index is 0.0537. The normalized spacial score (nSPS) is 14.4. The van der Waals surface area contributed by atoms with E-state index in [0.29, 0.717) is 16.6 Å². The standard InChI is InChI=1S/C20H19F2N3O2/c1-10(25(2)20(27)18-6-11-4-3-5-17(11)24-18)14-9-23-19(26)13-8-16(22)15(21)7-12(13)14/h6-10,24H,3-5H2,1-2H3,(H,23,26)/t10-/m0/s1. The third-order valence-electron chi connectivity index (χ3n) is 5.42. The van der Waals surface area contributed by atoms with Gasteiger partial charge in [-0.25, -0.2) is 8.78 Å². The van der Waals surface area contributed by atoms with Crippen molar-refractivity contribution in [1.29, 1.82) is 0 Å². The molecule has 5 nitrogen and oxygen atoms in total. The summed E-state index contributed by atoms with van der Waals surface area (Å²) in [5, 5.41) is 0.344. The molecule has 27 heavy (non-hydrogen) atoms. The zero-order valence-corrected chi connectivity index (χ0v) is 15.0. The SMILES string of the molecule is C[C@@H](c1c[nH]c(=O)c2cc(F)c(F)cc12)N(C)C(=O)c1cc2c([nH]1)CCC2. The van der Waals surface area contributed by atoms with Crippen molar-refractivity contribution in [2.75, 3.05) is 7.05 Å². The van der Waals surface area contributed by atoms with E-state index < -0.39 is 23.2 Å². The molecule has 7 heteroatoms. The molecule has 4 rings (SSSR count). The van der Waals surface area contributed by atoms with Crippen molar-refractivity contribution in [3.05, 3.63) is 68.9 Å². The van der Waals surface area contributed by atoms with Crippen LogP contribution in [-0.2, 0) is 12.8 Å². The average Bonchev–Trinajstić information content (AvgIpc) is 3.24. The van der Waals surface area contributed by atoms with Crippen LogP contribution in [0.4, 0.5) is 8.78 Å². The largest absolute Gasteiger partial charge is 0.354 e. The van der Waals surface area contributed by atoms with Gasteiger partial charge in [0.2, 0.25) is 0 Å². The molecule has 0 unspecified atom stereocenters. The third-order valence-corrected chi connectivity index (χ3v) is 5.42. The summed E-state index contributed by atoms with van der Waals surface area (Å²) in [5.41, 5.74) is 2.82. The van der Waals surface area contributed by atoms with Crippen LogP contribution in [0.1, 0.15) is 46.7 Å². The first-order chi connectivity index (χ1) is 12.9. The van der Waals surface area contributed by atoms with Gasteiger partial charge in [0.05, 0.1) is 11.4 Å². The number of hydrogen-bond donors (Lipinski definition) is 2. The fourth-order valence-electron chi connectivity index (χ4n) is 3.75. The highest BCUT2D eigenvalue weighted by molar-refractivity contribution is 5.94. The highest BCUT2D eigenvalue weighted by atomic mass is 19.2. The number of rotatable bonds is 3. The molecule has 2 aromatic heterocycles. The van der Waals surface area contributed by atoms with Gasteiger partial charge in [0, 0.05) is 18.9 Å². The lowest BCUT2D eigenvalue weighted by molar-refractivity contribution is 0.0738. The summed E-state index contributed by atoms with van der Waals surface area (Å²) in [5.74, 6) is -2.31. The van der Waals surface area contributed by atoms with E-state index in [1.807, 2.05) is 6.07 Å². The number of fused-ring (bicyclic) bond motifs is 2. The van der Waals surface area contributed by atoms with Gasteiger partial charge < -0.3 is 14.9 Å². The number of pyridine rings is 1. The molecule has 0 radical (unpaired) electrons. The maximum absolute atomic E-state index is 13.8. The summed E-state index contributed by atoms with van der Waals surface area (Å²) in [4.78, 5) is 32.1. The molecule has 1 amide bonds. The van der Waals surface area contributed by atoms with Crippen LogP contribution >= 0.6 is 0 Å². The maximum Gasteiger partial charge on any atom is 0.270 e. The minimum Gasteiger partial charge on any atom is -0.354 e. The molecule has 0 bridgehead atoms. The second kappa shape index (κ2) is 6.33. The van der Waals surface area contributed by atoms with Crippen LogP contribution in [0, 0.1) is 11.6 Å². The van der Waals surface area contributed by atoms with E-state index >= 15 is 0 Å². The molecule has 0 saturated heterocycles. The van der Waals surface area contributed by atoms with E-state index in [1.54, 1.807) is 14.0 Å². The van der Waals surface area contributed by atoms with Gasteiger partial charge in [0.1, 0.15) is 5.69 Å². The number of hydrogen-bond acceptors (Lipinski definition) is 2. The summed E-state index contributed by atoms with van der Waals surface area (Å²) >= 11 is 0. The highest BCUT2D eigenvalue weighted by Gasteiger charge is 2.25. The van der Waals surface area contributed by atoms with Crippen LogP contribution in [-0.4, -0.2) is 27.8 Å². The smallest absolute Gasteiger partial charge is 0.270 e. The zero-order valence-electron chi connectivity index (χ0n) is 15.0. The molecule has 3 aromatic rings. The molecule has 1 aromatic carbocycles. The topological polar surface area (TPSA) is 69.0 Å². The Morgan fingerprint density at radius 1 is 1.15 bits per heavy atom. The van der Waals surface area contributed by atoms with E-state index in [-0.39, 0.29) is 11.3 Å². The van der Waals surface area contributed by atoms with Crippen molar-refractivity contribution < 1.29 is 13.6 Å². The zero-order chi connectivity index (χ0) is 19.3. The Balaban J connectivity index is 1.72. The van der Waals surface area contributed by atoms with Gasteiger partial charge in [0.15, 0.2) is 11.6 Å². The second-order valence-electron chi connectivity index (χ2n) is 7.02. The number of nitrogens with zero attached hydrogens (tertiary/aromatic N) is 1. The quantitative estimate of drug-likeness (QED) is 0.740. The van der Waals surface area contributed by atoms with Crippen LogP contribution in [0.3, 0.4) is 0 Å². The van der Waals surface area contributed by atoms with Gasteiger partial charge >= 0.3 is 0 Å². The van der Waals surface area contributed by atoms with Gasteiger partial charge in [-0.15, -0.1) is 0 Å². The van der Waals surface area contributed by atoms with Gasteiger partial charge in [0.25, 0.3) is 11.5 Å². The third kappa shape index (κ3) is 2.83. The lowest BCUT2D eigenvalue weighted by Gasteiger charge is -2.26. The first kappa shape index (κ1) is 17.5. The van der Waals surface area contributed by atoms with Gasteiger partial charge in [-0.3, -0.25) is 9.59 Å². The number of carbonyl (C=O) groups is 1. The Hall–Kier alpha value is -2.96. The van der Waals surface area contributed by atoms with E-state index in [0.717, 1.165) is 37.1 Å². The molecule has 1 atom stereocenters. The highest BCUT2D eigenvalue weighted by Crippen LogP contribution is 2.29. The van der Waals surface area contributed by atoms with Gasteiger partial charge in [-0.2, -0.15) is 0 Å². The van der Waals surface area contributed by atoms with Crippen molar-refractivity contribution >= 4 is 16.7 Å². The van der Waals surface area contributed by atoms with Crippen molar-refractivity contribution in [3.63, 3.8) is 0 Å². The monoisotopic (exact) mass is 371 g/mol. The lowest BCUT2D eigenvalue weighted by Crippen LogP contribution is -2.30. The Kier molecular flexibility index (Phi) is 4.09. The number of carbonyl (C=O) groups excluding carboxylic acids is 1. The Morgan fingerprint density at radius 2 is 1.85 bits per heavy atom. The van der Waals surface area contributed by atoms with Gasteiger partial charge in [-0.05, 0) is 60.9 Å². The van der Waals surface area contributed by atoms with Crippen molar-refractivity contribution in [1.82, 2.24) is 14.9 Å². The molecule has 0 fully saturated rings. The number of halogens is 2. The number of aromatic amines is 2. The van der Waals surface area contributed by atoms with E-state index in [2.05, 4.69) is 9.97 Å². The molecule has 0 saturated carbocycles. The maximum atomic E-state index is 13.8.